The molecule has 6 nitrogen and oxygen atoms in total. The average Bonchev–Trinajstić information content (AvgIpc) is 2.04. The fourth-order valence-electron chi connectivity index (χ4n) is 0.856. The molecule has 0 heterocycles. The molecule has 0 aliphatic carbocycles. The first-order valence-electron chi connectivity index (χ1n) is 3.18. The summed E-state index contributed by atoms with van der Waals surface area (Å²) < 4.78 is 0. The Balaban J connectivity index is -0.000000480. The van der Waals surface area contributed by atoms with Crippen LogP contribution in [0.3, 0.4) is 0 Å². The minimum atomic E-state index is -1.23. The van der Waals surface area contributed by atoms with Gasteiger partial charge in [0, 0.05) is 0 Å². The van der Waals surface area contributed by atoms with Gasteiger partial charge in [0.25, 0.3) is 0 Å². The molecule has 0 spiro atoms. The van der Waals surface area contributed by atoms with Crippen molar-refractivity contribution in [3.05, 3.63) is 35.4 Å². The minimum absolute atomic E-state index is 0. The first-order valence-corrected chi connectivity index (χ1v) is 3.18. The van der Waals surface area contributed by atoms with Crippen LogP contribution in [0, 0.1) is 0 Å². The van der Waals surface area contributed by atoms with Crippen LogP contribution in [0.15, 0.2) is 24.3 Å². The van der Waals surface area contributed by atoms with Gasteiger partial charge in [-0.05, 0) is 12.1 Å². The maximum absolute atomic E-state index is 10.5. The number of carboxylic acid groups (broad SMARTS) is 2. The molecule has 0 saturated carbocycles. The maximum Gasteiger partial charge on any atom is 4.00 e. The van der Waals surface area contributed by atoms with Crippen molar-refractivity contribution >= 4 is 11.9 Å². The van der Waals surface area contributed by atoms with Gasteiger partial charge in [-0.3, -0.25) is 0 Å². The van der Waals surface area contributed by atoms with Crippen LogP contribution in [0.1, 0.15) is 20.7 Å². The van der Waals surface area contributed by atoms with Crippen LogP contribution in [-0.2, 0) is 32.7 Å². The van der Waals surface area contributed by atoms with Crippen LogP contribution in [0.5, 0.6) is 0 Å². The van der Waals surface area contributed by atoms with Gasteiger partial charge in [0.1, 0.15) is 0 Å². The summed E-state index contributed by atoms with van der Waals surface area (Å²) in [5, 5.41) is 17.1. The Morgan fingerprint density at radius 2 is 1.13 bits per heavy atom. The minimum Gasteiger partial charge on any atom is -2.00 e. The van der Waals surface area contributed by atoms with Crippen LogP contribution in [0.25, 0.3) is 0 Å². The molecule has 0 radical (unpaired) electrons. The summed E-state index contributed by atoms with van der Waals surface area (Å²) >= 11 is 0. The van der Waals surface area contributed by atoms with Crippen LogP contribution in [0.4, 0.5) is 0 Å². The van der Waals surface area contributed by atoms with Gasteiger partial charge in [-0.1, -0.05) is 12.1 Å². The molecular weight excluding hydrogens is 240 g/mol. The fraction of sp³-hybridized carbons (Fsp3) is 0. The van der Waals surface area contributed by atoms with Gasteiger partial charge in [0.15, 0.2) is 0 Å². The van der Waals surface area contributed by atoms with Crippen LogP contribution in [-0.4, -0.2) is 22.2 Å². The van der Waals surface area contributed by atoms with Crippen molar-refractivity contribution in [2.24, 2.45) is 0 Å². The molecule has 0 aliphatic rings. The fourth-order valence-corrected chi connectivity index (χ4v) is 0.856. The smallest absolute Gasteiger partial charge is 2.00 e. The third-order valence-electron chi connectivity index (χ3n) is 1.39. The molecule has 1 aromatic carbocycles. The zero-order chi connectivity index (χ0) is 9.14. The molecule has 15 heavy (non-hydrogen) atoms. The Kier molecular flexibility index (Phi) is 10.5. The average molecular weight is 246 g/mol. The first-order chi connectivity index (χ1) is 5.63. The molecule has 7 heteroatoms. The van der Waals surface area contributed by atoms with Crippen LogP contribution >= 0.6 is 0 Å². The van der Waals surface area contributed by atoms with E-state index in [4.69, 9.17) is 10.2 Å². The third kappa shape index (κ3) is 4.71. The number of benzene rings is 1. The van der Waals surface area contributed by atoms with Crippen LogP contribution < -0.4 is 0 Å². The maximum atomic E-state index is 10.5. The van der Waals surface area contributed by atoms with E-state index in [1.165, 1.54) is 24.3 Å². The van der Waals surface area contributed by atoms with Crippen molar-refractivity contribution < 1.29 is 52.5 Å². The van der Waals surface area contributed by atoms with E-state index in [9.17, 15) is 9.59 Å². The van der Waals surface area contributed by atoms with Crippen LogP contribution in [0.2, 0.25) is 0 Å². The van der Waals surface area contributed by atoms with E-state index < -0.39 is 11.9 Å². The molecule has 0 atom stereocenters. The number of hydrogen-bond donors (Lipinski definition) is 2. The van der Waals surface area contributed by atoms with E-state index in [-0.39, 0.29) is 43.8 Å². The van der Waals surface area contributed by atoms with E-state index in [0.717, 1.165) is 0 Å². The van der Waals surface area contributed by atoms with E-state index in [0.29, 0.717) is 0 Å². The normalized spacial score (nSPS) is 7.47. The van der Waals surface area contributed by atoms with E-state index in [1.54, 1.807) is 0 Å². The molecule has 1 aromatic rings. The molecule has 78 valence electrons. The monoisotopic (exact) mass is 246 g/mol. The second-order valence-corrected chi connectivity index (χ2v) is 2.16. The molecule has 2 N–H and O–H groups in total. The zero-order valence-electron chi connectivity index (χ0n) is 7.34. The molecular formula is C8H6O6Ti. The van der Waals surface area contributed by atoms with E-state index >= 15 is 0 Å². The SMILES string of the molecule is O=C(O)c1ccccc1C(=O)O.[O-2].[O-2].[Ti+4]. The Morgan fingerprint density at radius 1 is 0.867 bits per heavy atom. The van der Waals surface area contributed by atoms with Gasteiger partial charge < -0.3 is 21.2 Å². The molecule has 0 saturated heterocycles. The quantitative estimate of drug-likeness (QED) is 0.748. The predicted octanol–water partition coefficient (Wildman–Crippen LogP) is 0.843. The number of hydrogen-bond acceptors (Lipinski definition) is 2. The summed E-state index contributed by atoms with van der Waals surface area (Å²) in [6.07, 6.45) is 0. The molecule has 0 unspecified atom stereocenters. The largest absolute Gasteiger partial charge is 4.00 e. The number of aromatic carboxylic acids is 2. The second-order valence-electron chi connectivity index (χ2n) is 2.16. The number of carboxylic acids is 2. The summed E-state index contributed by atoms with van der Waals surface area (Å²) in [6.45, 7) is 0. The molecule has 0 fully saturated rings. The summed E-state index contributed by atoms with van der Waals surface area (Å²) in [6, 6.07) is 5.48. The molecule has 1 rings (SSSR count). The van der Waals surface area contributed by atoms with Gasteiger partial charge in [0.05, 0.1) is 11.1 Å². The second kappa shape index (κ2) is 8.13. The Labute approximate surface area is 100 Å². The van der Waals surface area contributed by atoms with Crippen molar-refractivity contribution in [1.29, 1.82) is 0 Å². The molecule has 0 aromatic heterocycles. The van der Waals surface area contributed by atoms with Crippen molar-refractivity contribution in [2.75, 3.05) is 0 Å². The third-order valence-corrected chi connectivity index (χ3v) is 1.39. The predicted molar refractivity (Wildman–Crippen MR) is 41.7 cm³/mol. The van der Waals surface area contributed by atoms with Crippen molar-refractivity contribution in [3.8, 4) is 0 Å². The number of carbonyl (C=O) groups is 2. The van der Waals surface area contributed by atoms with Gasteiger partial charge in [-0.2, -0.15) is 0 Å². The van der Waals surface area contributed by atoms with Gasteiger partial charge in [-0.25, -0.2) is 9.59 Å². The Hall–Kier alpha value is -1.21. The first kappa shape index (κ1) is 19.4. The van der Waals surface area contributed by atoms with Crippen molar-refractivity contribution in [2.45, 2.75) is 0 Å². The van der Waals surface area contributed by atoms with Crippen molar-refractivity contribution in [1.82, 2.24) is 0 Å². The van der Waals surface area contributed by atoms with Gasteiger partial charge in [-0.15, -0.1) is 0 Å². The van der Waals surface area contributed by atoms with E-state index in [2.05, 4.69) is 0 Å². The van der Waals surface area contributed by atoms with Gasteiger partial charge >= 0.3 is 33.7 Å². The molecule has 0 aliphatic heterocycles. The molecule has 0 amide bonds. The summed E-state index contributed by atoms with van der Waals surface area (Å²) in [5.41, 5.74) is -0.380. The Bertz CT molecular complexity index is 305. The Morgan fingerprint density at radius 3 is 1.33 bits per heavy atom. The summed E-state index contributed by atoms with van der Waals surface area (Å²) in [5.74, 6) is -2.46. The van der Waals surface area contributed by atoms with E-state index in [1.807, 2.05) is 0 Å². The standard InChI is InChI=1S/C8H6O4.2O.Ti/c9-7(10)5-3-1-2-4-6(5)8(11)12;;;/h1-4H,(H,9,10)(H,11,12);;;/q;2*-2;+4. The number of rotatable bonds is 2. The summed E-state index contributed by atoms with van der Waals surface area (Å²) in [7, 11) is 0. The zero-order valence-corrected chi connectivity index (χ0v) is 8.90. The summed E-state index contributed by atoms with van der Waals surface area (Å²) in [4.78, 5) is 20.9. The molecule has 0 bridgehead atoms. The topological polar surface area (TPSA) is 132 Å². The van der Waals surface area contributed by atoms with Gasteiger partial charge in [0.2, 0.25) is 0 Å². The van der Waals surface area contributed by atoms with Crippen molar-refractivity contribution in [3.63, 3.8) is 0 Å².